The Balaban J connectivity index is 1.92. The Hall–Kier alpha value is -0.730. The summed E-state index contributed by atoms with van der Waals surface area (Å²) in [7, 11) is 2.05. The van der Waals surface area contributed by atoms with Crippen molar-refractivity contribution in [1.82, 2.24) is 4.90 Å². The molecule has 94 valence electrons. The van der Waals surface area contributed by atoms with Gasteiger partial charge in [0.15, 0.2) is 5.96 Å². The van der Waals surface area contributed by atoms with Crippen LogP contribution in [0.4, 0.5) is 0 Å². The van der Waals surface area contributed by atoms with Crippen molar-refractivity contribution in [1.29, 1.82) is 0 Å². The molecule has 1 unspecified atom stereocenters. The molecular weight excluding hydrogens is 198 g/mol. The molecule has 0 saturated heterocycles. The molecular formula is C13H27N3. The molecule has 3 nitrogen and oxygen atoms in total. The first-order chi connectivity index (χ1) is 7.75. The van der Waals surface area contributed by atoms with Crippen LogP contribution in [0.3, 0.4) is 0 Å². The number of guanidine groups is 1. The Kier molecular flexibility index (Phi) is 6.27. The molecule has 1 aliphatic rings. The standard InChI is InChI=1S/C13H27N3/c1-3-4-5-6-7-8-9-10-12-11-15-13(14)16(12)2/h12H,3-11H2,1-2H3,(H2,14,15). The molecule has 0 aromatic carbocycles. The second kappa shape index (κ2) is 7.53. The summed E-state index contributed by atoms with van der Waals surface area (Å²) in [5, 5.41) is 0. The number of unbranched alkanes of at least 4 members (excludes halogenated alkanes) is 6. The number of hydrogen-bond donors (Lipinski definition) is 1. The average Bonchev–Trinajstić information content (AvgIpc) is 2.59. The highest BCUT2D eigenvalue weighted by molar-refractivity contribution is 5.79. The number of likely N-dealkylation sites (N-methyl/N-ethyl adjacent to an activating group) is 1. The average molecular weight is 225 g/mol. The Bertz CT molecular complexity index is 213. The van der Waals surface area contributed by atoms with Gasteiger partial charge >= 0.3 is 0 Å². The van der Waals surface area contributed by atoms with Crippen LogP contribution >= 0.6 is 0 Å². The van der Waals surface area contributed by atoms with E-state index in [1.807, 2.05) is 0 Å². The minimum absolute atomic E-state index is 0.565. The van der Waals surface area contributed by atoms with Gasteiger partial charge in [0.2, 0.25) is 0 Å². The molecule has 1 heterocycles. The Morgan fingerprint density at radius 3 is 2.38 bits per heavy atom. The molecule has 0 aromatic heterocycles. The number of hydrogen-bond acceptors (Lipinski definition) is 3. The predicted octanol–water partition coefficient (Wildman–Crippen LogP) is 2.76. The first-order valence-electron chi connectivity index (χ1n) is 6.78. The highest BCUT2D eigenvalue weighted by Crippen LogP contribution is 2.15. The second-order valence-corrected chi connectivity index (χ2v) is 4.87. The first kappa shape index (κ1) is 13.3. The minimum atomic E-state index is 0.565. The zero-order valence-corrected chi connectivity index (χ0v) is 10.9. The fraction of sp³-hybridized carbons (Fsp3) is 0.923. The molecule has 2 N–H and O–H groups in total. The van der Waals surface area contributed by atoms with E-state index < -0.39 is 0 Å². The molecule has 0 fully saturated rings. The quantitative estimate of drug-likeness (QED) is 0.645. The van der Waals surface area contributed by atoms with Gasteiger partial charge in [-0.3, -0.25) is 4.99 Å². The topological polar surface area (TPSA) is 41.6 Å². The fourth-order valence-electron chi connectivity index (χ4n) is 2.24. The number of nitrogens with two attached hydrogens (primary N) is 1. The maximum atomic E-state index is 5.73. The van der Waals surface area contributed by atoms with Crippen LogP contribution in [-0.2, 0) is 0 Å². The van der Waals surface area contributed by atoms with E-state index in [2.05, 4.69) is 23.9 Å². The molecule has 1 rings (SSSR count). The van der Waals surface area contributed by atoms with Crippen LogP contribution in [0.2, 0.25) is 0 Å². The van der Waals surface area contributed by atoms with Crippen molar-refractivity contribution in [3.8, 4) is 0 Å². The van der Waals surface area contributed by atoms with Crippen molar-refractivity contribution in [3.05, 3.63) is 0 Å². The van der Waals surface area contributed by atoms with Crippen molar-refractivity contribution in [2.24, 2.45) is 10.7 Å². The van der Waals surface area contributed by atoms with Gasteiger partial charge in [0.1, 0.15) is 0 Å². The van der Waals surface area contributed by atoms with Crippen LogP contribution in [-0.4, -0.2) is 30.5 Å². The largest absolute Gasteiger partial charge is 0.370 e. The van der Waals surface area contributed by atoms with E-state index in [4.69, 9.17) is 5.73 Å². The maximum absolute atomic E-state index is 5.73. The molecule has 0 saturated carbocycles. The summed E-state index contributed by atoms with van der Waals surface area (Å²) >= 11 is 0. The number of rotatable bonds is 8. The molecule has 0 amide bonds. The van der Waals surface area contributed by atoms with Crippen LogP contribution in [0.25, 0.3) is 0 Å². The lowest BCUT2D eigenvalue weighted by molar-refractivity contribution is 0.365. The molecule has 0 spiro atoms. The molecule has 0 bridgehead atoms. The molecule has 3 heteroatoms. The summed E-state index contributed by atoms with van der Waals surface area (Å²) in [6.45, 7) is 3.17. The first-order valence-corrected chi connectivity index (χ1v) is 6.78. The minimum Gasteiger partial charge on any atom is -0.370 e. The van der Waals surface area contributed by atoms with Crippen molar-refractivity contribution in [2.75, 3.05) is 13.6 Å². The molecule has 16 heavy (non-hydrogen) atoms. The van der Waals surface area contributed by atoms with Gasteiger partial charge in [-0.25, -0.2) is 0 Å². The second-order valence-electron chi connectivity index (χ2n) is 4.87. The van der Waals surface area contributed by atoms with Crippen molar-refractivity contribution in [3.63, 3.8) is 0 Å². The van der Waals surface area contributed by atoms with Crippen LogP contribution in [0.15, 0.2) is 4.99 Å². The van der Waals surface area contributed by atoms with E-state index in [1.54, 1.807) is 0 Å². The van der Waals surface area contributed by atoms with Gasteiger partial charge in [-0.2, -0.15) is 0 Å². The third-order valence-corrected chi connectivity index (χ3v) is 3.51. The van der Waals surface area contributed by atoms with E-state index in [0.717, 1.165) is 6.54 Å². The van der Waals surface area contributed by atoms with E-state index in [-0.39, 0.29) is 0 Å². The highest BCUT2D eigenvalue weighted by atomic mass is 15.3. The van der Waals surface area contributed by atoms with Gasteiger partial charge in [0.25, 0.3) is 0 Å². The zero-order chi connectivity index (χ0) is 11.8. The van der Waals surface area contributed by atoms with Gasteiger partial charge in [0, 0.05) is 7.05 Å². The number of nitrogens with zero attached hydrogens (tertiary/aromatic N) is 2. The van der Waals surface area contributed by atoms with Gasteiger partial charge in [-0.05, 0) is 6.42 Å². The van der Waals surface area contributed by atoms with Crippen LogP contribution in [0.1, 0.15) is 58.3 Å². The maximum Gasteiger partial charge on any atom is 0.191 e. The van der Waals surface area contributed by atoms with E-state index in [1.165, 1.54) is 51.4 Å². The smallest absolute Gasteiger partial charge is 0.191 e. The normalized spacial score (nSPS) is 20.2. The van der Waals surface area contributed by atoms with Crippen molar-refractivity contribution < 1.29 is 0 Å². The Morgan fingerprint density at radius 2 is 1.81 bits per heavy atom. The molecule has 1 atom stereocenters. The summed E-state index contributed by atoms with van der Waals surface area (Å²) in [5.74, 6) is 0.716. The third-order valence-electron chi connectivity index (χ3n) is 3.51. The Morgan fingerprint density at radius 1 is 1.19 bits per heavy atom. The zero-order valence-electron chi connectivity index (χ0n) is 10.9. The van der Waals surface area contributed by atoms with Crippen molar-refractivity contribution in [2.45, 2.75) is 64.3 Å². The lowest BCUT2D eigenvalue weighted by Crippen LogP contribution is -2.37. The van der Waals surface area contributed by atoms with Crippen LogP contribution < -0.4 is 5.73 Å². The van der Waals surface area contributed by atoms with Crippen LogP contribution in [0.5, 0.6) is 0 Å². The monoisotopic (exact) mass is 225 g/mol. The molecule has 0 aromatic rings. The number of aliphatic imine (C=N–C) groups is 1. The van der Waals surface area contributed by atoms with Gasteiger partial charge in [-0.15, -0.1) is 0 Å². The Labute approximate surface area is 100 Å². The predicted molar refractivity (Wildman–Crippen MR) is 70.7 cm³/mol. The summed E-state index contributed by atoms with van der Waals surface area (Å²) in [5.41, 5.74) is 5.73. The van der Waals surface area contributed by atoms with Gasteiger partial charge in [0.05, 0.1) is 12.6 Å². The lowest BCUT2D eigenvalue weighted by Gasteiger charge is -2.20. The van der Waals surface area contributed by atoms with Gasteiger partial charge < -0.3 is 10.6 Å². The summed E-state index contributed by atoms with van der Waals surface area (Å²) in [6.07, 6.45) is 10.9. The third kappa shape index (κ3) is 4.42. The van der Waals surface area contributed by atoms with E-state index >= 15 is 0 Å². The van der Waals surface area contributed by atoms with Gasteiger partial charge in [-0.1, -0.05) is 51.9 Å². The van der Waals surface area contributed by atoms with E-state index in [0.29, 0.717) is 12.0 Å². The highest BCUT2D eigenvalue weighted by Gasteiger charge is 2.21. The molecule has 1 aliphatic heterocycles. The molecule has 0 aliphatic carbocycles. The fourth-order valence-corrected chi connectivity index (χ4v) is 2.24. The summed E-state index contributed by atoms with van der Waals surface area (Å²) in [4.78, 5) is 6.38. The SMILES string of the molecule is CCCCCCCCCC1CN=C(N)N1C. The summed E-state index contributed by atoms with van der Waals surface area (Å²) in [6, 6.07) is 0.565. The van der Waals surface area contributed by atoms with Crippen molar-refractivity contribution >= 4 is 5.96 Å². The van der Waals surface area contributed by atoms with E-state index in [9.17, 15) is 0 Å². The molecule has 0 radical (unpaired) electrons. The summed E-state index contributed by atoms with van der Waals surface area (Å²) < 4.78 is 0. The lowest BCUT2D eigenvalue weighted by atomic mass is 10.1. The van der Waals surface area contributed by atoms with Crippen LogP contribution in [0, 0.1) is 0 Å².